The number of β-amino-alcohol motifs (C(OH)–C–C–N with tert-alkyl or cyclic N) is 1. The fraction of sp³-hybridized carbons (Fsp3) is 0.667. The van der Waals surface area contributed by atoms with Gasteiger partial charge in [-0.2, -0.15) is 4.98 Å². The molecule has 0 aliphatic carbocycles. The molecule has 0 saturated carbocycles. The van der Waals surface area contributed by atoms with Crippen LogP contribution in [-0.2, 0) is 0 Å². The molecule has 1 saturated heterocycles. The van der Waals surface area contributed by atoms with Crippen molar-refractivity contribution >= 4 is 23.4 Å². The van der Waals surface area contributed by atoms with Gasteiger partial charge in [-0.15, -0.1) is 0 Å². The third-order valence-corrected chi connectivity index (χ3v) is 3.20. The molecule has 3 N–H and O–H groups in total. The van der Waals surface area contributed by atoms with Crippen molar-refractivity contribution in [3.8, 4) is 0 Å². The molecule has 1 aliphatic heterocycles. The van der Waals surface area contributed by atoms with E-state index >= 15 is 0 Å². The predicted octanol–water partition coefficient (Wildman–Crippen LogP) is 0.605. The standard InChI is InChI=1S/C12H20ClN5O/c1-12(2,19)8-17-3-5-18(6-4-17)10-7-9(13)15-11(14)16-10/h7,19H,3-6,8H2,1-2H3,(H2,14,15,16). The lowest BCUT2D eigenvalue weighted by molar-refractivity contribution is 0.0345. The number of aliphatic hydroxyl groups is 1. The van der Waals surface area contributed by atoms with Gasteiger partial charge in [0.05, 0.1) is 5.60 Å². The van der Waals surface area contributed by atoms with Crippen molar-refractivity contribution in [3.63, 3.8) is 0 Å². The van der Waals surface area contributed by atoms with Crippen LogP contribution in [0.2, 0.25) is 5.15 Å². The molecule has 2 rings (SSSR count). The first-order valence-electron chi connectivity index (χ1n) is 6.33. The number of aromatic nitrogens is 2. The first-order valence-corrected chi connectivity index (χ1v) is 6.71. The molecule has 1 aliphatic rings. The highest BCUT2D eigenvalue weighted by molar-refractivity contribution is 6.29. The van der Waals surface area contributed by atoms with Crippen molar-refractivity contribution in [1.82, 2.24) is 14.9 Å². The van der Waals surface area contributed by atoms with E-state index in [1.54, 1.807) is 6.07 Å². The zero-order valence-corrected chi connectivity index (χ0v) is 12.1. The molecule has 7 heteroatoms. The predicted molar refractivity (Wildman–Crippen MR) is 76.4 cm³/mol. The van der Waals surface area contributed by atoms with Gasteiger partial charge < -0.3 is 15.7 Å². The number of anilines is 2. The van der Waals surface area contributed by atoms with Gasteiger partial charge in [0.1, 0.15) is 11.0 Å². The molecule has 0 radical (unpaired) electrons. The van der Waals surface area contributed by atoms with E-state index in [0.717, 1.165) is 32.0 Å². The molecule has 0 spiro atoms. The van der Waals surface area contributed by atoms with E-state index in [9.17, 15) is 5.11 Å². The SMILES string of the molecule is CC(C)(O)CN1CCN(c2cc(Cl)nc(N)n2)CC1. The number of piperazine rings is 1. The van der Waals surface area contributed by atoms with Crippen LogP contribution in [0.15, 0.2) is 6.07 Å². The highest BCUT2D eigenvalue weighted by atomic mass is 35.5. The summed E-state index contributed by atoms with van der Waals surface area (Å²) in [5.41, 5.74) is 4.94. The molecule has 0 amide bonds. The minimum absolute atomic E-state index is 0.196. The summed E-state index contributed by atoms with van der Waals surface area (Å²) in [7, 11) is 0. The van der Waals surface area contributed by atoms with E-state index in [0.29, 0.717) is 11.7 Å². The molecule has 6 nitrogen and oxygen atoms in total. The number of nitrogen functional groups attached to an aromatic ring is 1. The highest BCUT2D eigenvalue weighted by Gasteiger charge is 2.23. The maximum Gasteiger partial charge on any atom is 0.223 e. The second-order valence-electron chi connectivity index (χ2n) is 5.48. The molecule has 2 heterocycles. The second kappa shape index (κ2) is 5.48. The molecule has 106 valence electrons. The van der Waals surface area contributed by atoms with Gasteiger partial charge in [-0.3, -0.25) is 4.90 Å². The van der Waals surface area contributed by atoms with Crippen LogP contribution in [0.5, 0.6) is 0 Å². The van der Waals surface area contributed by atoms with E-state index in [1.165, 1.54) is 0 Å². The Labute approximate surface area is 118 Å². The average molecular weight is 286 g/mol. The van der Waals surface area contributed by atoms with Gasteiger partial charge in [0.2, 0.25) is 5.95 Å². The largest absolute Gasteiger partial charge is 0.389 e. The van der Waals surface area contributed by atoms with Crippen molar-refractivity contribution in [2.45, 2.75) is 19.4 Å². The smallest absolute Gasteiger partial charge is 0.223 e. The van der Waals surface area contributed by atoms with Crippen molar-refractivity contribution in [2.75, 3.05) is 43.4 Å². The normalized spacial score (nSPS) is 17.8. The molecule has 0 unspecified atom stereocenters. The Morgan fingerprint density at radius 3 is 2.47 bits per heavy atom. The van der Waals surface area contributed by atoms with Gasteiger partial charge >= 0.3 is 0 Å². The molecule has 0 bridgehead atoms. The van der Waals surface area contributed by atoms with Crippen LogP contribution in [0.25, 0.3) is 0 Å². The van der Waals surface area contributed by atoms with Gasteiger partial charge in [-0.05, 0) is 13.8 Å². The van der Waals surface area contributed by atoms with Crippen LogP contribution in [0.4, 0.5) is 11.8 Å². The Morgan fingerprint density at radius 1 is 1.32 bits per heavy atom. The average Bonchev–Trinajstić information content (AvgIpc) is 2.26. The van der Waals surface area contributed by atoms with Crippen LogP contribution in [0.1, 0.15) is 13.8 Å². The van der Waals surface area contributed by atoms with Crippen molar-refractivity contribution in [2.24, 2.45) is 0 Å². The van der Waals surface area contributed by atoms with Crippen molar-refractivity contribution in [1.29, 1.82) is 0 Å². The van der Waals surface area contributed by atoms with E-state index in [-0.39, 0.29) is 5.95 Å². The maximum atomic E-state index is 9.82. The van der Waals surface area contributed by atoms with Crippen LogP contribution >= 0.6 is 11.6 Å². The summed E-state index contributed by atoms with van der Waals surface area (Å²) in [6, 6.07) is 1.73. The topological polar surface area (TPSA) is 78.5 Å². The summed E-state index contributed by atoms with van der Waals surface area (Å²) in [5, 5.41) is 10.2. The van der Waals surface area contributed by atoms with E-state index in [4.69, 9.17) is 17.3 Å². The second-order valence-corrected chi connectivity index (χ2v) is 5.87. The molecular formula is C12H20ClN5O. The molecule has 19 heavy (non-hydrogen) atoms. The third-order valence-electron chi connectivity index (χ3n) is 3.01. The van der Waals surface area contributed by atoms with E-state index in [1.807, 2.05) is 13.8 Å². The molecule has 0 aromatic carbocycles. The van der Waals surface area contributed by atoms with E-state index in [2.05, 4.69) is 19.8 Å². The maximum absolute atomic E-state index is 9.82. The van der Waals surface area contributed by atoms with Gasteiger partial charge in [0.25, 0.3) is 0 Å². The number of nitrogens with two attached hydrogens (primary N) is 1. The zero-order chi connectivity index (χ0) is 14.0. The first-order chi connectivity index (χ1) is 8.83. The minimum atomic E-state index is -0.662. The summed E-state index contributed by atoms with van der Waals surface area (Å²) in [6.45, 7) is 7.75. The molecule has 1 aromatic heterocycles. The van der Waals surface area contributed by atoms with Crippen LogP contribution in [0, 0.1) is 0 Å². The van der Waals surface area contributed by atoms with Gasteiger partial charge in [-0.25, -0.2) is 4.98 Å². The molecule has 1 fully saturated rings. The zero-order valence-electron chi connectivity index (χ0n) is 11.3. The Morgan fingerprint density at radius 2 is 1.95 bits per heavy atom. The Balaban J connectivity index is 1.96. The number of halogens is 1. The van der Waals surface area contributed by atoms with Gasteiger partial charge in [0.15, 0.2) is 0 Å². The van der Waals surface area contributed by atoms with Crippen LogP contribution < -0.4 is 10.6 Å². The number of hydrogen-bond donors (Lipinski definition) is 2. The van der Waals surface area contributed by atoms with Crippen molar-refractivity contribution < 1.29 is 5.11 Å². The monoisotopic (exact) mass is 285 g/mol. The summed E-state index contributed by atoms with van der Waals surface area (Å²) in [6.07, 6.45) is 0. The third kappa shape index (κ3) is 4.19. The van der Waals surface area contributed by atoms with Gasteiger partial charge in [-0.1, -0.05) is 11.6 Å². The van der Waals surface area contributed by atoms with Crippen molar-refractivity contribution in [3.05, 3.63) is 11.2 Å². The lowest BCUT2D eigenvalue weighted by atomic mass is 10.1. The fourth-order valence-electron chi connectivity index (χ4n) is 2.27. The molecule has 1 aromatic rings. The highest BCUT2D eigenvalue weighted by Crippen LogP contribution is 2.19. The Bertz CT molecular complexity index is 420. The Kier molecular flexibility index (Phi) is 4.13. The lowest BCUT2D eigenvalue weighted by Crippen LogP contribution is -2.50. The quantitative estimate of drug-likeness (QED) is 0.792. The molecule has 0 atom stereocenters. The number of hydrogen-bond acceptors (Lipinski definition) is 6. The Hall–Kier alpha value is -1.11. The summed E-state index contributed by atoms with van der Waals surface area (Å²) < 4.78 is 0. The summed E-state index contributed by atoms with van der Waals surface area (Å²) >= 11 is 5.88. The number of rotatable bonds is 3. The molecular weight excluding hydrogens is 266 g/mol. The van der Waals surface area contributed by atoms with Crippen LogP contribution in [0.3, 0.4) is 0 Å². The van der Waals surface area contributed by atoms with Gasteiger partial charge in [0, 0.05) is 38.8 Å². The lowest BCUT2D eigenvalue weighted by Gasteiger charge is -2.37. The fourth-order valence-corrected chi connectivity index (χ4v) is 2.45. The number of nitrogens with zero attached hydrogens (tertiary/aromatic N) is 4. The summed E-state index contributed by atoms with van der Waals surface area (Å²) in [4.78, 5) is 12.4. The minimum Gasteiger partial charge on any atom is -0.389 e. The summed E-state index contributed by atoms with van der Waals surface area (Å²) in [5.74, 6) is 0.960. The van der Waals surface area contributed by atoms with E-state index < -0.39 is 5.60 Å². The van der Waals surface area contributed by atoms with Crippen LogP contribution in [-0.4, -0.2) is 58.3 Å². The first kappa shape index (κ1) is 14.3.